The van der Waals surface area contributed by atoms with Crippen LogP contribution < -0.4 is 5.73 Å². The van der Waals surface area contributed by atoms with E-state index in [9.17, 15) is 0 Å². The zero-order valence-electron chi connectivity index (χ0n) is 7.66. The van der Waals surface area contributed by atoms with Crippen molar-refractivity contribution >= 4 is 0 Å². The van der Waals surface area contributed by atoms with Crippen LogP contribution in [0.2, 0.25) is 0 Å². The number of rotatable bonds is 8. The maximum atomic E-state index is 8.57. The molecule has 1 unspecified atom stereocenters. The van der Waals surface area contributed by atoms with Crippen LogP contribution in [0.15, 0.2) is 0 Å². The molecule has 0 spiro atoms. The maximum absolute atomic E-state index is 8.57. The van der Waals surface area contributed by atoms with Crippen molar-refractivity contribution in [2.24, 2.45) is 5.73 Å². The lowest BCUT2D eigenvalue weighted by atomic mass is 10.2. The number of aliphatic hydroxyl groups excluding tert-OH is 1. The highest BCUT2D eigenvalue weighted by Gasteiger charge is 1.98. The molecule has 0 bridgehead atoms. The van der Waals surface area contributed by atoms with Crippen LogP contribution in [0.1, 0.15) is 12.8 Å². The standard InChI is InChI=1S/C8H19NO3/c1-11-4-2-5-12-6-3-8(9)7-10/h8,10H,2-7,9H2,1H3. The lowest BCUT2D eigenvalue weighted by molar-refractivity contribution is 0.0942. The van der Waals surface area contributed by atoms with Gasteiger partial charge >= 0.3 is 0 Å². The average Bonchev–Trinajstić information content (AvgIpc) is 2.10. The summed E-state index contributed by atoms with van der Waals surface area (Å²) < 4.78 is 10.1. The van der Waals surface area contributed by atoms with Crippen LogP contribution >= 0.6 is 0 Å². The first-order valence-electron chi connectivity index (χ1n) is 4.24. The van der Waals surface area contributed by atoms with Crippen LogP contribution in [-0.4, -0.2) is 44.7 Å². The molecule has 0 aliphatic heterocycles. The highest BCUT2D eigenvalue weighted by molar-refractivity contribution is 4.56. The number of hydrogen-bond acceptors (Lipinski definition) is 4. The topological polar surface area (TPSA) is 64.7 Å². The predicted molar refractivity (Wildman–Crippen MR) is 47.0 cm³/mol. The molecule has 0 aliphatic carbocycles. The normalized spacial score (nSPS) is 13.2. The van der Waals surface area contributed by atoms with E-state index < -0.39 is 0 Å². The summed E-state index contributed by atoms with van der Waals surface area (Å²) >= 11 is 0. The second-order valence-corrected chi connectivity index (χ2v) is 2.69. The molecule has 0 aromatic carbocycles. The molecule has 3 N–H and O–H groups in total. The summed E-state index contributed by atoms with van der Waals surface area (Å²) in [7, 11) is 1.67. The van der Waals surface area contributed by atoms with Gasteiger partial charge in [0.2, 0.25) is 0 Å². The third-order valence-electron chi connectivity index (χ3n) is 1.50. The van der Waals surface area contributed by atoms with Gasteiger partial charge in [-0.1, -0.05) is 0 Å². The van der Waals surface area contributed by atoms with Gasteiger partial charge in [-0.3, -0.25) is 0 Å². The number of methoxy groups -OCH3 is 1. The summed E-state index contributed by atoms with van der Waals surface area (Å²) in [5, 5.41) is 8.57. The smallest absolute Gasteiger partial charge is 0.0583 e. The molecular formula is C8H19NO3. The Hall–Kier alpha value is -0.160. The second kappa shape index (κ2) is 8.93. The Morgan fingerprint density at radius 3 is 2.67 bits per heavy atom. The monoisotopic (exact) mass is 177 g/mol. The van der Waals surface area contributed by atoms with Gasteiger partial charge in [-0.05, 0) is 12.8 Å². The van der Waals surface area contributed by atoms with Crippen molar-refractivity contribution < 1.29 is 14.6 Å². The summed E-state index contributed by atoms with van der Waals surface area (Å²) in [6.07, 6.45) is 1.62. The molecule has 74 valence electrons. The molecule has 0 saturated heterocycles. The van der Waals surface area contributed by atoms with Crippen LogP contribution in [0.4, 0.5) is 0 Å². The number of hydrogen-bond donors (Lipinski definition) is 2. The summed E-state index contributed by atoms with van der Waals surface area (Å²) in [5.41, 5.74) is 5.46. The van der Waals surface area contributed by atoms with Crippen LogP contribution in [0.3, 0.4) is 0 Å². The quantitative estimate of drug-likeness (QED) is 0.502. The van der Waals surface area contributed by atoms with Crippen molar-refractivity contribution in [1.29, 1.82) is 0 Å². The molecule has 1 atom stereocenters. The van der Waals surface area contributed by atoms with E-state index in [1.165, 1.54) is 0 Å². The zero-order valence-corrected chi connectivity index (χ0v) is 7.66. The molecule has 4 nitrogen and oxygen atoms in total. The molecular weight excluding hydrogens is 158 g/mol. The number of ether oxygens (including phenoxy) is 2. The first kappa shape index (κ1) is 11.8. The summed E-state index contributed by atoms with van der Waals surface area (Å²) in [4.78, 5) is 0. The van der Waals surface area contributed by atoms with Gasteiger partial charge in [0.1, 0.15) is 0 Å². The van der Waals surface area contributed by atoms with Crippen LogP contribution in [0.25, 0.3) is 0 Å². The lowest BCUT2D eigenvalue weighted by Crippen LogP contribution is -2.26. The summed E-state index contributed by atoms with van der Waals surface area (Å²) in [5.74, 6) is 0. The van der Waals surface area contributed by atoms with Crippen LogP contribution in [0.5, 0.6) is 0 Å². The van der Waals surface area contributed by atoms with Gasteiger partial charge < -0.3 is 20.3 Å². The van der Waals surface area contributed by atoms with Crippen molar-refractivity contribution in [3.8, 4) is 0 Å². The van der Waals surface area contributed by atoms with E-state index in [-0.39, 0.29) is 12.6 Å². The zero-order chi connectivity index (χ0) is 9.23. The molecule has 4 heteroatoms. The maximum Gasteiger partial charge on any atom is 0.0583 e. The molecule has 0 saturated carbocycles. The fourth-order valence-electron chi connectivity index (χ4n) is 0.733. The van der Waals surface area contributed by atoms with Crippen molar-refractivity contribution in [1.82, 2.24) is 0 Å². The first-order valence-corrected chi connectivity index (χ1v) is 4.24. The fraction of sp³-hybridized carbons (Fsp3) is 1.00. The van der Waals surface area contributed by atoms with Gasteiger partial charge in [-0.2, -0.15) is 0 Å². The van der Waals surface area contributed by atoms with Gasteiger partial charge in [0.25, 0.3) is 0 Å². The molecule has 0 aliphatic rings. The third-order valence-corrected chi connectivity index (χ3v) is 1.50. The van der Waals surface area contributed by atoms with E-state index in [2.05, 4.69) is 0 Å². The Morgan fingerprint density at radius 2 is 2.08 bits per heavy atom. The Bertz CT molecular complexity index is 90.4. The minimum absolute atomic E-state index is 0.0292. The van der Waals surface area contributed by atoms with Crippen molar-refractivity contribution in [3.05, 3.63) is 0 Å². The Kier molecular flexibility index (Phi) is 8.81. The van der Waals surface area contributed by atoms with Gasteiger partial charge in [0.05, 0.1) is 6.61 Å². The molecule has 0 fully saturated rings. The average molecular weight is 177 g/mol. The third kappa shape index (κ3) is 7.94. The Morgan fingerprint density at radius 1 is 1.33 bits per heavy atom. The minimum atomic E-state index is -0.146. The van der Waals surface area contributed by atoms with Gasteiger partial charge in [-0.25, -0.2) is 0 Å². The molecule has 0 aromatic rings. The minimum Gasteiger partial charge on any atom is -0.395 e. The van der Waals surface area contributed by atoms with Crippen molar-refractivity contribution in [2.45, 2.75) is 18.9 Å². The number of nitrogens with two attached hydrogens (primary N) is 1. The molecule has 12 heavy (non-hydrogen) atoms. The highest BCUT2D eigenvalue weighted by Crippen LogP contribution is 1.90. The first-order chi connectivity index (χ1) is 5.81. The van der Waals surface area contributed by atoms with Crippen molar-refractivity contribution in [3.63, 3.8) is 0 Å². The summed E-state index contributed by atoms with van der Waals surface area (Å²) in [6.45, 7) is 2.07. The van der Waals surface area contributed by atoms with Crippen LogP contribution in [-0.2, 0) is 9.47 Å². The van der Waals surface area contributed by atoms with E-state index in [1.54, 1.807) is 7.11 Å². The molecule has 0 aromatic heterocycles. The van der Waals surface area contributed by atoms with E-state index in [1.807, 2.05) is 0 Å². The van der Waals surface area contributed by atoms with Crippen LogP contribution in [0, 0.1) is 0 Å². The Balaban J connectivity index is 2.90. The van der Waals surface area contributed by atoms with Gasteiger partial charge in [-0.15, -0.1) is 0 Å². The van der Waals surface area contributed by atoms with Gasteiger partial charge in [0, 0.05) is 33.0 Å². The summed E-state index contributed by atoms with van der Waals surface area (Å²) in [6, 6.07) is -0.146. The van der Waals surface area contributed by atoms with E-state index in [0.29, 0.717) is 19.6 Å². The molecule has 0 amide bonds. The van der Waals surface area contributed by atoms with E-state index >= 15 is 0 Å². The molecule has 0 rings (SSSR count). The van der Waals surface area contributed by atoms with Crippen molar-refractivity contribution in [2.75, 3.05) is 33.5 Å². The predicted octanol–water partition coefficient (Wildman–Crippen LogP) is -0.251. The molecule has 0 radical (unpaired) electrons. The fourth-order valence-corrected chi connectivity index (χ4v) is 0.733. The Labute approximate surface area is 73.7 Å². The second-order valence-electron chi connectivity index (χ2n) is 2.69. The highest BCUT2D eigenvalue weighted by atomic mass is 16.5. The lowest BCUT2D eigenvalue weighted by Gasteiger charge is -2.07. The van der Waals surface area contributed by atoms with E-state index in [0.717, 1.165) is 13.0 Å². The molecule has 0 heterocycles. The SMILES string of the molecule is COCCCOCCC(N)CO. The largest absolute Gasteiger partial charge is 0.395 e. The van der Waals surface area contributed by atoms with E-state index in [4.69, 9.17) is 20.3 Å². The number of aliphatic hydroxyl groups is 1. The van der Waals surface area contributed by atoms with Gasteiger partial charge in [0.15, 0.2) is 0 Å².